The molecule has 0 saturated carbocycles. The van der Waals surface area contributed by atoms with E-state index >= 15 is 0 Å². The molecule has 3 aromatic rings. The third-order valence-electron chi connectivity index (χ3n) is 2.61. The first-order chi connectivity index (χ1) is 9.72. The van der Waals surface area contributed by atoms with Crippen molar-refractivity contribution in [2.24, 2.45) is 0 Å². The minimum absolute atomic E-state index is 0.580. The summed E-state index contributed by atoms with van der Waals surface area (Å²) in [4.78, 5) is 8.55. The molecule has 0 amide bonds. The molecule has 0 radical (unpaired) electrons. The second kappa shape index (κ2) is 5.80. The van der Waals surface area contributed by atoms with Gasteiger partial charge in [0.2, 0.25) is 5.89 Å². The number of aryl methyl sites for hydroxylation is 1. The van der Waals surface area contributed by atoms with E-state index in [1.807, 2.05) is 35.0 Å². The van der Waals surface area contributed by atoms with Gasteiger partial charge in [-0.05, 0) is 24.3 Å². The Morgan fingerprint density at radius 2 is 2.10 bits per heavy atom. The number of thioether (sulfide) groups is 1. The molecule has 0 fully saturated rings. The van der Waals surface area contributed by atoms with E-state index in [1.54, 1.807) is 24.9 Å². The van der Waals surface area contributed by atoms with Crippen molar-refractivity contribution < 1.29 is 4.52 Å². The van der Waals surface area contributed by atoms with E-state index in [-0.39, 0.29) is 0 Å². The molecule has 3 rings (SSSR count). The second-order valence-corrected chi connectivity index (χ2v) is 5.93. The Balaban J connectivity index is 1.78. The minimum Gasteiger partial charge on any atom is -0.340 e. The highest BCUT2D eigenvalue weighted by Crippen LogP contribution is 2.24. The molecule has 7 heteroatoms. The number of nitrogens with zero attached hydrogens (tertiary/aromatic N) is 4. The summed E-state index contributed by atoms with van der Waals surface area (Å²) >= 11 is 5.01. The number of hydrogen-bond donors (Lipinski definition) is 0. The number of aromatic nitrogens is 4. The summed E-state index contributed by atoms with van der Waals surface area (Å²) in [7, 11) is 0. The molecule has 2 aromatic heterocycles. The standard InChI is InChI=1S/C13H11BrN4OS/c1-9-16-12(17-19-9)8-20-13-15-6-7-18(13)11-4-2-10(14)3-5-11/h2-7H,8H2,1H3. The van der Waals surface area contributed by atoms with Gasteiger partial charge in [-0.2, -0.15) is 4.98 Å². The van der Waals surface area contributed by atoms with Gasteiger partial charge in [-0.1, -0.05) is 32.8 Å². The van der Waals surface area contributed by atoms with Crippen LogP contribution < -0.4 is 0 Å². The Morgan fingerprint density at radius 1 is 1.30 bits per heavy atom. The molecule has 0 aliphatic heterocycles. The van der Waals surface area contributed by atoms with Crippen molar-refractivity contribution in [1.82, 2.24) is 19.7 Å². The highest BCUT2D eigenvalue weighted by atomic mass is 79.9. The summed E-state index contributed by atoms with van der Waals surface area (Å²) in [5, 5.41) is 4.78. The van der Waals surface area contributed by atoms with E-state index in [4.69, 9.17) is 4.52 Å². The fraction of sp³-hybridized carbons (Fsp3) is 0.154. The number of halogens is 1. The van der Waals surface area contributed by atoms with Crippen molar-refractivity contribution in [2.75, 3.05) is 0 Å². The van der Waals surface area contributed by atoms with E-state index in [2.05, 4.69) is 31.1 Å². The fourth-order valence-electron chi connectivity index (χ4n) is 1.72. The monoisotopic (exact) mass is 350 g/mol. The molecule has 0 unspecified atom stereocenters. The number of benzene rings is 1. The Bertz CT molecular complexity index is 707. The third-order valence-corrected chi connectivity index (χ3v) is 4.10. The molecular weight excluding hydrogens is 340 g/mol. The second-order valence-electron chi connectivity index (χ2n) is 4.07. The quantitative estimate of drug-likeness (QED) is 0.672. The zero-order valence-corrected chi connectivity index (χ0v) is 13.1. The van der Waals surface area contributed by atoms with Crippen LogP contribution in [0.2, 0.25) is 0 Å². The number of imidazole rings is 1. The van der Waals surface area contributed by atoms with Gasteiger partial charge < -0.3 is 4.52 Å². The number of rotatable bonds is 4. The lowest BCUT2D eigenvalue weighted by Gasteiger charge is -2.06. The van der Waals surface area contributed by atoms with Crippen LogP contribution in [0.25, 0.3) is 5.69 Å². The van der Waals surface area contributed by atoms with E-state index in [0.29, 0.717) is 17.5 Å². The van der Waals surface area contributed by atoms with Crippen LogP contribution in [0.5, 0.6) is 0 Å². The predicted molar refractivity (Wildman–Crippen MR) is 79.9 cm³/mol. The van der Waals surface area contributed by atoms with Crippen LogP contribution in [-0.4, -0.2) is 19.7 Å². The van der Waals surface area contributed by atoms with Crippen molar-refractivity contribution in [3.05, 3.63) is 52.8 Å². The van der Waals surface area contributed by atoms with Gasteiger partial charge in [0.15, 0.2) is 11.0 Å². The SMILES string of the molecule is Cc1nc(CSc2nccn2-c2ccc(Br)cc2)no1. The van der Waals surface area contributed by atoms with Gasteiger partial charge in [-0.15, -0.1) is 0 Å². The lowest BCUT2D eigenvalue weighted by atomic mass is 10.3. The van der Waals surface area contributed by atoms with Crippen LogP contribution in [-0.2, 0) is 5.75 Å². The first-order valence-electron chi connectivity index (χ1n) is 5.93. The molecule has 0 aliphatic carbocycles. The maximum atomic E-state index is 4.96. The van der Waals surface area contributed by atoms with Crippen molar-refractivity contribution >= 4 is 27.7 Å². The average Bonchev–Trinajstić information content (AvgIpc) is 3.06. The van der Waals surface area contributed by atoms with Crippen LogP contribution in [0, 0.1) is 6.92 Å². The predicted octanol–water partition coefficient (Wildman–Crippen LogP) is 3.62. The van der Waals surface area contributed by atoms with Crippen molar-refractivity contribution in [2.45, 2.75) is 17.8 Å². The molecule has 0 bridgehead atoms. The summed E-state index contributed by atoms with van der Waals surface area (Å²) in [6.07, 6.45) is 3.72. The van der Waals surface area contributed by atoms with E-state index in [1.165, 1.54) is 0 Å². The van der Waals surface area contributed by atoms with Crippen LogP contribution in [0.1, 0.15) is 11.7 Å². The Kier molecular flexibility index (Phi) is 3.88. The van der Waals surface area contributed by atoms with E-state index in [9.17, 15) is 0 Å². The maximum absolute atomic E-state index is 4.96. The largest absolute Gasteiger partial charge is 0.340 e. The fourth-order valence-corrected chi connectivity index (χ4v) is 2.80. The van der Waals surface area contributed by atoms with E-state index in [0.717, 1.165) is 15.3 Å². The van der Waals surface area contributed by atoms with Gasteiger partial charge in [0.25, 0.3) is 0 Å². The Morgan fingerprint density at radius 3 is 2.80 bits per heavy atom. The molecule has 0 spiro atoms. The van der Waals surface area contributed by atoms with Crippen LogP contribution >= 0.6 is 27.7 Å². The highest BCUT2D eigenvalue weighted by molar-refractivity contribution is 9.10. The van der Waals surface area contributed by atoms with Gasteiger partial charge in [-0.3, -0.25) is 4.57 Å². The average molecular weight is 351 g/mol. The third kappa shape index (κ3) is 2.94. The zero-order chi connectivity index (χ0) is 13.9. The van der Waals surface area contributed by atoms with Crippen LogP contribution in [0.4, 0.5) is 0 Å². The highest BCUT2D eigenvalue weighted by Gasteiger charge is 2.09. The normalized spacial score (nSPS) is 10.9. The van der Waals surface area contributed by atoms with Gasteiger partial charge in [0.1, 0.15) is 0 Å². The zero-order valence-electron chi connectivity index (χ0n) is 10.7. The number of hydrogen-bond acceptors (Lipinski definition) is 5. The molecule has 5 nitrogen and oxygen atoms in total. The van der Waals surface area contributed by atoms with Gasteiger partial charge in [0.05, 0.1) is 5.75 Å². The van der Waals surface area contributed by atoms with E-state index < -0.39 is 0 Å². The van der Waals surface area contributed by atoms with Gasteiger partial charge in [-0.25, -0.2) is 4.98 Å². The molecule has 0 atom stereocenters. The lowest BCUT2D eigenvalue weighted by Crippen LogP contribution is -1.95. The smallest absolute Gasteiger partial charge is 0.223 e. The molecule has 2 heterocycles. The first-order valence-corrected chi connectivity index (χ1v) is 7.71. The van der Waals surface area contributed by atoms with Gasteiger partial charge in [0, 0.05) is 29.5 Å². The minimum atomic E-state index is 0.580. The topological polar surface area (TPSA) is 56.7 Å². The molecule has 20 heavy (non-hydrogen) atoms. The van der Waals surface area contributed by atoms with Crippen molar-refractivity contribution in [1.29, 1.82) is 0 Å². The van der Waals surface area contributed by atoms with Crippen molar-refractivity contribution in [3.63, 3.8) is 0 Å². The lowest BCUT2D eigenvalue weighted by molar-refractivity contribution is 0.389. The molecule has 1 aromatic carbocycles. The summed E-state index contributed by atoms with van der Waals surface area (Å²) in [6, 6.07) is 8.08. The maximum Gasteiger partial charge on any atom is 0.223 e. The van der Waals surface area contributed by atoms with Gasteiger partial charge >= 0.3 is 0 Å². The summed E-state index contributed by atoms with van der Waals surface area (Å²) in [6.45, 7) is 1.78. The van der Waals surface area contributed by atoms with Crippen LogP contribution in [0.3, 0.4) is 0 Å². The van der Waals surface area contributed by atoms with Crippen molar-refractivity contribution in [3.8, 4) is 5.69 Å². The summed E-state index contributed by atoms with van der Waals surface area (Å²) in [5.41, 5.74) is 1.07. The molecule has 102 valence electrons. The summed E-state index contributed by atoms with van der Waals surface area (Å²) in [5.74, 6) is 1.89. The Hall–Kier alpha value is -1.60. The first kappa shape index (κ1) is 13.4. The summed E-state index contributed by atoms with van der Waals surface area (Å²) < 4.78 is 8.04. The molecular formula is C13H11BrN4OS. The Labute approximate surface area is 128 Å². The van der Waals surface area contributed by atoms with Crippen LogP contribution in [0.15, 0.2) is 50.8 Å². The molecule has 0 saturated heterocycles. The molecule has 0 aliphatic rings. The molecule has 0 N–H and O–H groups in total.